The maximum atomic E-state index is 13.1. The minimum atomic E-state index is -0.781. The number of benzene rings is 2. The van der Waals surface area contributed by atoms with E-state index in [2.05, 4.69) is 0 Å². The van der Waals surface area contributed by atoms with Crippen LogP contribution in [0.25, 0.3) is 5.76 Å². The van der Waals surface area contributed by atoms with Gasteiger partial charge in [0.2, 0.25) is 0 Å². The zero-order chi connectivity index (χ0) is 22.8. The summed E-state index contributed by atoms with van der Waals surface area (Å²) in [6.45, 7) is 4.74. The van der Waals surface area contributed by atoms with E-state index in [0.29, 0.717) is 23.5 Å². The number of carbonyl (C=O) groups is 2. The number of para-hydroxylation sites is 1. The van der Waals surface area contributed by atoms with Crippen molar-refractivity contribution in [2.24, 2.45) is 0 Å². The lowest BCUT2D eigenvalue weighted by Crippen LogP contribution is -2.32. The number of Topliss-reactive ketones (excluding diaryl/α,β-unsaturated/α-hetero) is 1. The minimum absolute atomic E-state index is 0.0465. The molecule has 2 atom stereocenters. The summed E-state index contributed by atoms with van der Waals surface area (Å²) in [5, 5.41) is 11.3. The first-order valence-corrected chi connectivity index (χ1v) is 10.7. The number of carbonyl (C=O) groups excluding carboxylic acids is 2. The van der Waals surface area contributed by atoms with Crippen molar-refractivity contribution in [2.45, 2.75) is 32.4 Å². The molecule has 0 aromatic heterocycles. The molecule has 168 valence electrons. The topological polar surface area (TPSA) is 85.3 Å². The average Bonchev–Trinajstić information content (AvgIpc) is 3.28. The normalized spacial score (nSPS) is 21.5. The molecule has 7 heteroatoms. The third-order valence-electron chi connectivity index (χ3n) is 5.76. The van der Waals surface area contributed by atoms with Crippen LogP contribution in [0.5, 0.6) is 11.5 Å². The van der Waals surface area contributed by atoms with Crippen LogP contribution < -0.4 is 9.47 Å². The smallest absolute Gasteiger partial charge is 0.295 e. The maximum Gasteiger partial charge on any atom is 0.295 e. The quantitative estimate of drug-likeness (QED) is 0.406. The lowest BCUT2D eigenvalue weighted by atomic mass is 9.94. The van der Waals surface area contributed by atoms with E-state index in [-0.39, 0.29) is 30.6 Å². The van der Waals surface area contributed by atoms with Crippen molar-refractivity contribution in [1.82, 2.24) is 4.90 Å². The van der Waals surface area contributed by atoms with Gasteiger partial charge < -0.3 is 24.2 Å². The first-order valence-electron chi connectivity index (χ1n) is 10.7. The Bertz CT molecular complexity index is 1080. The number of hydrogen-bond donors (Lipinski definition) is 1. The van der Waals surface area contributed by atoms with E-state index >= 15 is 0 Å². The van der Waals surface area contributed by atoms with E-state index in [1.165, 1.54) is 12.0 Å². The molecular weight excluding hydrogens is 410 g/mol. The Morgan fingerprint density at radius 1 is 1.22 bits per heavy atom. The van der Waals surface area contributed by atoms with Gasteiger partial charge in [0.15, 0.2) is 0 Å². The van der Waals surface area contributed by atoms with Crippen LogP contribution in [0, 0.1) is 0 Å². The molecular formula is C25H27NO6. The Morgan fingerprint density at radius 3 is 2.75 bits per heavy atom. The van der Waals surface area contributed by atoms with E-state index in [4.69, 9.17) is 14.2 Å². The number of likely N-dealkylation sites (tertiary alicyclic amines) is 1. The molecule has 1 amide bonds. The second-order valence-corrected chi connectivity index (χ2v) is 7.91. The molecule has 0 saturated carbocycles. The van der Waals surface area contributed by atoms with Gasteiger partial charge in [-0.15, -0.1) is 0 Å². The van der Waals surface area contributed by atoms with E-state index < -0.39 is 17.7 Å². The molecule has 1 N–H and O–H groups in total. The van der Waals surface area contributed by atoms with Gasteiger partial charge in [-0.1, -0.05) is 18.2 Å². The largest absolute Gasteiger partial charge is 0.507 e. The molecule has 0 spiro atoms. The van der Waals surface area contributed by atoms with Crippen LogP contribution in [0.1, 0.15) is 36.6 Å². The van der Waals surface area contributed by atoms with Gasteiger partial charge in [-0.2, -0.15) is 0 Å². The second-order valence-electron chi connectivity index (χ2n) is 7.91. The Hall–Kier alpha value is -3.32. The fraction of sp³-hybridized carbons (Fsp3) is 0.360. The van der Waals surface area contributed by atoms with Gasteiger partial charge >= 0.3 is 0 Å². The molecule has 0 aliphatic carbocycles. The molecule has 2 heterocycles. The lowest BCUT2D eigenvalue weighted by molar-refractivity contribution is -0.140. The summed E-state index contributed by atoms with van der Waals surface area (Å²) in [6, 6.07) is 11.8. The van der Waals surface area contributed by atoms with Crippen molar-refractivity contribution in [3.05, 3.63) is 64.7 Å². The van der Waals surface area contributed by atoms with Crippen LogP contribution in [0.2, 0.25) is 0 Å². The molecule has 0 bridgehead atoms. The van der Waals surface area contributed by atoms with Gasteiger partial charge in [-0.3, -0.25) is 9.59 Å². The van der Waals surface area contributed by atoms with Crippen molar-refractivity contribution in [3.63, 3.8) is 0 Å². The summed E-state index contributed by atoms with van der Waals surface area (Å²) in [6.07, 6.45) is 0.773. The van der Waals surface area contributed by atoms with Gasteiger partial charge in [-0.05, 0) is 43.7 Å². The number of aliphatic hydroxyl groups is 1. The number of nitrogens with zero attached hydrogens (tertiary/aromatic N) is 1. The highest BCUT2D eigenvalue weighted by molar-refractivity contribution is 6.46. The summed E-state index contributed by atoms with van der Waals surface area (Å²) in [5.41, 5.74) is 2.13. The number of rotatable bonds is 7. The SMILES string of the molecule is CCOc1ccccc1C1/C(=C(\O)c2ccc3c(c2)CC(C)O3)C(=O)C(=O)N1CCOC. The minimum Gasteiger partial charge on any atom is -0.507 e. The Balaban J connectivity index is 1.86. The van der Waals surface area contributed by atoms with Gasteiger partial charge in [0.25, 0.3) is 11.7 Å². The molecule has 2 aromatic carbocycles. The van der Waals surface area contributed by atoms with E-state index in [9.17, 15) is 14.7 Å². The second kappa shape index (κ2) is 9.04. The highest BCUT2D eigenvalue weighted by Gasteiger charge is 2.47. The number of aliphatic hydroxyl groups excluding tert-OH is 1. The third-order valence-corrected chi connectivity index (χ3v) is 5.76. The Kier molecular flexibility index (Phi) is 6.19. The molecule has 2 aliphatic heterocycles. The van der Waals surface area contributed by atoms with Crippen LogP contribution in [-0.4, -0.2) is 54.7 Å². The van der Waals surface area contributed by atoms with Crippen molar-refractivity contribution >= 4 is 17.4 Å². The number of ether oxygens (including phenoxy) is 3. The van der Waals surface area contributed by atoms with Crippen molar-refractivity contribution in [3.8, 4) is 11.5 Å². The summed E-state index contributed by atoms with van der Waals surface area (Å²) in [4.78, 5) is 27.5. The standard InChI is InChI=1S/C25H27NO6/c1-4-31-20-8-6-5-7-18(20)22-21(24(28)25(29)26(22)11-12-30-3)23(27)16-9-10-19-17(14-16)13-15(2)32-19/h5-10,14-15,22,27H,4,11-13H2,1-3H3/b23-21+. The number of hydrogen-bond acceptors (Lipinski definition) is 6. The number of methoxy groups -OCH3 is 1. The van der Waals surface area contributed by atoms with Gasteiger partial charge in [0.05, 0.1) is 24.8 Å². The fourth-order valence-electron chi connectivity index (χ4n) is 4.34. The Morgan fingerprint density at radius 2 is 2.00 bits per heavy atom. The molecule has 2 unspecified atom stereocenters. The predicted molar refractivity (Wildman–Crippen MR) is 119 cm³/mol. The first kappa shape index (κ1) is 21.9. The molecule has 2 aliphatic rings. The molecule has 1 saturated heterocycles. The van der Waals surface area contributed by atoms with Gasteiger partial charge in [0, 0.05) is 31.2 Å². The molecule has 2 aromatic rings. The van der Waals surface area contributed by atoms with E-state index in [1.54, 1.807) is 18.2 Å². The fourth-order valence-corrected chi connectivity index (χ4v) is 4.34. The average molecular weight is 437 g/mol. The summed E-state index contributed by atoms with van der Waals surface area (Å²) >= 11 is 0. The molecule has 32 heavy (non-hydrogen) atoms. The van der Waals surface area contributed by atoms with Crippen LogP contribution in [-0.2, 0) is 20.7 Å². The number of amides is 1. The summed E-state index contributed by atoms with van der Waals surface area (Å²) in [7, 11) is 1.54. The zero-order valence-electron chi connectivity index (χ0n) is 18.5. The van der Waals surface area contributed by atoms with Crippen molar-refractivity contribution in [2.75, 3.05) is 26.9 Å². The maximum absolute atomic E-state index is 13.1. The van der Waals surface area contributed by atoms with Crippen LogP contribution in [0.3, 0.4) is 0 Å². The summed E-state index contributed by atoms with van der Waals surface area (Å²) < 4.78 is 16.7. The van der Waals surface area contributed by atoms with Crippen LogP contribution >= 0.6 is 0 Å². The molecule has 7 nitrogen and oxygen atoms in total. The van der Waals surface area contributed by atoms with E-state index in [0.717, 1.165) is 17.7 Å². The highest BCUT2D eigenvalue weighted by Crippen LogP contribution is 2.43. The van der Waals surface area contributed by atoms with Crippen LogP contribution in [0.4, 0.5) is 0 Å². The zero-order valence-corrected chi connectivity index (χ0v) is 18.5. The molecule has 4 rings (SSSR count). The predicted octanol–water partition coefficient (Wildman–Crippen LogP) is 3.48. The Labute approximate surface area is 187 Å². The molecule has 0 radical (unpaired) electrons. The first-order chi connectivity index (χ1) is 15.5. The summed E-state index contributed by atoms with van der Waals surface area (Å²) in [5.74, 6) is -0.265. The molecule has 1 fully saturated rings. The van der Waals surface area contributed by atoms with Crippen molar-refractivity contribution < 1.29 is 28.9 Å². The number of fused-ring (bicyclic) bond motifs is 1. The number of ketones is 1. The third kappa shape index (κ3) is 3.84. The van der Waals surface area contributed by atoms with E-state index in [1.807, 2.05) is 38.1 Å². The lowest BCUT2D eigenvalue weighted by Gasteiger charge is -2.26. The van der Waals surface area contributed by atoms with Gasteiger partial charge in [0.1, 0.15) is 23.4 Å². The van der Waals surface area contributed by atoms with Crippen molar-refractivity contribution in [1.29, 1.82) is 0 Å². The monoisotopic (exact) mass is 437 g/mol. The highest BCUT2D eigenvalue weighted by atomic mass is 16.5. The van der Waals surface area contributed by atoms with Gasteiger partial charge in [-0.25, -0.2) is 0 Å². The van der Waals surface area contributed by atoms with Crippen LogP contribution in [0.15, 0.2) is 48.0 Å².